The van der Waals surface area contributed by atoms with Gasteiger partial charge in [-0.25, -0.2) is 4.21 Å². The summed E-state index contributed by atoms with van der Waals surface area (Å²) in [5, 5.41) is 0. The molecule has 0 saturated carbocycles. The maximum atomic E-state index is 12.0. The van der Waals surface area contributed by atoms with E-state index in [9.17, 15) is 4.21 Å². The summed E-state index contributed by atoms with van der Waals surface area (Å²) in [5.41, 5.74) is 0.793. The second-order valence-corrected chi connectivity index (χ2v) is 6.72. The molecule has 0 atom stereocenters. The van der Waals surface area contributed by atoms with Crippen molar-refractivity contribution in [2.45, 2.75) is 13.8 Å². The highest BCUT2D eigenvalue weighted by Crippen LogP contribution is 2.18. The van der Waals surface area contributed by atoms with Crippen molar-refractivity contribution >= 4 is 31.3 Å². The van der Waals surface area contributed by atoms with Gasteiger partial charge in [0.05, 0.1) is 15.4 Å². The molecule has 0 fully saturated rings. The Morgan fingerprint density at radius 2 is 1.71 bits per heavy atom. The molecular weight excluding hydrogens is 262 g/mol. The Hall–Kier alpha value is -0.350. The molecule has 1 aromatic rings. The SMILES string of the molecule is CCS(=O)(CC)=Nc1ccc(Br)cc1. The normalized spacial score (nSPS) is 11.4. The summed E-state index contributed by atoms with van der Waals surface area (Å²) >= 11 is 3.35. The van der Waals surface area contributed by atoms with Crippen LogP contribution in [-0.2, 0) is 9.73 Å². The molecule has 1 rings (SSSR count). The first kappa shape index (κ1) is 11.7. The van der Waals surface area contributed by atoms with Crippen LogP contribution in [0.15, 0.2) is 33.1 Å². The van der Waals surface area contributed by atoms with Crippen LogP contribution in [-0.4, -0.2) is 15.7 Å². The molecule has 78 valence electrons. The average molecular weight is 276 g/mol. The second kappa shape index (κ2) is 4.94. The third-order valence-corrected chi connectivity index (χ3v) is 4.88. The summed E-state index contributed by atoms with van der Waals surface area (Å²) in [4.78, 5) is 0. The van der Waals surface area contributed by atoms with Crippen molar-refractivity contribution in [1.29, 1.82) is 0 Å². The highest BCUT2D eigenvalue weighted by atomic mass is 79.9. The molecule has 0 heterocycles. The lowest BCUT2D eigenvalue weighted by atomic mass is 10.3. The lowest BCUT2D eigenvalue weighted by Gasteiger charge is -2.03. The van der Waals surface area contributed by atoms with Crippen LogP contribution >= 0.6 is 15.9 Å². The maximum Gasteiger partial charge on any atom is 0.0731 e. The van der Waals surface area contributed by atoms with Crippen molar-refractivity contribution in [2.75, 3.05) is 11.5 Å². The van der Waals surface area contributed by atoms with Gasteiger partial charge in [0.2, 0.25) is 0 Å². The standard InChI is InChI=1S/C10H14BrNOS/c1-3-14(13,4-2)12-10-7-5-9(11)6-8-10/h5-8H,3-4H2,1-2H3. The van der Waals surface area contributed by atoms with Crippen LogP contribution in [0, 0.1) is 0 Å². The van der Waals surface area contributed by atoms with Crippen molar-refractivity contribution in [1.82, 2.24) is 0 Å². The molecule has 0 aliphatic heterocycles. The smallest absolute Gasteiger partial charge is 0.0731 e. The summed E-state index contributed by atoms with van der Waals surface area (Å²) in [6.45, 7) is 3.82. The van der Waals surface area contributed by atoms with Gasteiger partial charge in [0.1, 0.15) is 0 Å². The fourth-order valence-corrected chi connectivity index (χ4v) is 2.46. The largest absolute Gasteiger partial charge is 0.249 e. The summed E-state index contributed by atoms with van der Waals surface area (Å²) in [6.07, 6.45) is 0. The summed E-state index contributed by atoms with van der Waals surface area (Å²) in [6, 6.07) is 7.55. The summed E-state index contributed by atoms with van der Waals surface area (Å²) in [5.74, 6) is 1.22. The highest BCUT2D eigenvalue weighted by Gasteiger charge is 2.02. The Bertz CT molecular complexity index is 395. The molecule has 1 aromatic carbocycles. The number of hydrogen-bond acceptors (Lipinski definition) is 2. The monoisotopic (exact) mass is 275 g/mol. The van der Waals surface area contributed by atoms with E-state index in [1.807, 2.05) is 38.1 Å². The first-order valence-electron chi connectivity index (χ1n) is 4.57. The van der Waals surface area contributed by atoms with Crippen molar-refractivity contribution in [3.63, 3.8) is 0 Å². The minimum Gasteiger partial charge on any atom is -0.249 e. The first-order valence-corrected chi connectivity index (χ1v) is 7.22. The Labute approximate surface area is 94.0 Å². The van der Waals surface area contributed by atoms with Gasteiger partial charge in [-0.3, -0.25) is 0 Å². The summed E-state index contributed by atoms with van der Waals surface area (Å²) in [7, 11) is -2.02. The molecule has 0 spiro atoms. The third kappa shape index (κ3) is 3.10. The highest BCUT2D eigenvalue weighted by molar-refractivity contribution is 9.10. The predicted molar refractivity (Wildman–Crippen MR) is 65.5 cm³/mol. The van der Waals surface area contributed by atoms with Crippen LogP contribution in [0.3, 0.4) is 0 Å². The number of nitrogens with zero attached hydrogens (tertiary/aromatic N) is 1. The number of halogens is 1. The van der Waals surface area contributed by atoms with Crippen molar-refractivity contribution in [3.8, 4) is 0 Å². The molecule has 0 saturated heterocycles. The minimum atomic E-state index is -2.02. The van der Waals surface area contributed by atoms with E-state index in [1.54, 1.807) is 0 Å². The molecule has 2 nitrogen and oxygen atoms in total. The van der Waals surface area contributed by atoms with E-state index in [2.05, 4.69) is 20.3 Å². The summed E-state index contributed by atoms with van der Waals surface area (Å²) < 4.78 is 17.3. The van der Waals surface area contributed by atoms with Crippen LogP contribution in [0.1, 0.15) is 13.8 Å². The Morgan fingerprint density at radius 1 is 1.21 bits per heavy atom. The molecule has 0 aliphatic carbocycles. The Morgan fingerprint density at radius 3 is 2.14 bits per heavy atom. The van der Waals surface area contributed by atoms with E-state index in [0.29, 0.717) is 11.5 Å². The Kier molecular flexibility index (Phi) is 4.13. The van der Waals surface area contributed by atoms with E-state index in [1.165, 1.54) is 0 Å². The van der Waals surface area contributed by atoms with Crippen LogP contribution in [0.2, 0.25) is 0 Å². The fraction of sp³-hybridized carbons (Fsp3) is 0.400. The van der Waals surface area contributed by atoms with Gasteiger partial charge >= 0.3 is 0 Å². The van der Waals surface area contributed by atoms with Gasteiger partial charge in [0.25, 0.3) is 0 Å². The number of benzene rings is 1. The molecule has 0 aliphatic rings. The van der Waals surface area contributed by atoms with Crippen molar-refractivity contribution < 1.29 is 4.21 Å². The van der Waals surface area contributed by atoms with E-state index >= 15 is 0 Å². The minimum absolute atomic E-state index is 0.611. The zero-order chi connectivity index (χ0) is 10.6. The molecule has 0 amide bonds. The second-order valence-electron chi connectivity index (χ2n) is 2.92. The third-order valence-electron chi connectivity index (χ3n) is 2.00. The quantitative estimate of drug-likeness (QED) is 0.829. The van der Waals surface area contributed by atoms with Crippen molar-refractivity contribution in [3.05, 3.63) is 28.7 Å². The maximum absolute atomic E-state index is 12.0. The molecular formula is C10H14BrNOS. The molecule has 14 heavy (non-hydrogen) atoms. The Balaban J connectivity index is 3.08. The van der Waals surface area contributed by atoms with Crippen LogP contribution in [0.25, 0.3) is 0 Å². The van der Waals surface area contributed by atoms with E-state index in [-0.39, 0.29) is 0 Å². The lowest BCUT2D eigenvalue weighted by molar-refractivity contribution is 0.678. The zero-order valence-electron chi connectivity index (χ0n) is 8.37. The van der Waals surface area contributed by atoms with Crippen LogP contribution in [0.5, 0.6) is 0 Å². The molecule has 0 aromatic heterocycles. The molecule has 0 unspecified atom stereocenters. The van der Waals surface area contributed by atoms with Gasteiger partial charge in [0, 0.05) is 16.0 Å². The fourth-order valence-electron chi connectivity index (χ4n) is 1.03. The number of rotatable bonds is 3. The molecule has 0 bridgehead atoms. The van der Waals surface area contributed by atoms with Gasteiger partial charge in [0.15, 0.2) is 0 Å². The predicted octanol–water partition coefficient (Wildman–Crippen LogP) is 3.59. The molecule has 0 radical (unpaired) electrons. The van der Waals surface area contributed by atoms with Gasteiger partial charge in [-0.2, -0.15) is 4.36 Å². The van der Waals surface area contributed by atoms with Gasteiger partial charge in [-0.1, -0.05) is 29.8 Å². The van der Waals surface area contributed by atoms with Gasteiger partial charge < -0.3 is 0 Å². The van der Waals surface area contributed by atoms with E-state index in [4.69, 9.17) is 0 Å². The van der Waals surface area contributed by atoms with Gasteiger partial charge in [-0.05, 0) is 24.3 Å². The molecule has 4 heteroatoms. The van der Waals surface area contributed by atoms with Crippen molar-refractivity contribution in [2.24, 2.45) is 4.36 Å². The zero-order valence-corrected chi connectivity index (χ0v) is 10.8. The number of hydrogen-bond donors (Lipinski definition) is 0. The van der Waals surface area contributed by atoms with Gasteiger partial charge in [-0.15, -0.1) is 0 Å². The van der Waals surface area contributed by atoms with E-state index < -0.39 is 9.73 Å². The van der Waals surface area contributed by atoms with E-state index in [0.717, 1.165) is 10.2 Å². The van der Waals surface area contributed by atoms with Crippen LogP contribution < -0.4 is 0 Å². The average Bonchev–Trinajstić information content (AvgIpc) is 2.21. The lowest BCUT2D eigenvalue weighted by Crippen LogP contribution is -2.04. The first-order chi connectivity index (χ1) is 6.59. The molecule has 0 N–H and O–H groups in total. The topological polar surface area (TPSA) is 29.4 Å². The van der Waals surface area contributed by atoms with Crippen LogP contribution in [0.4, 0.5) is 5.69 Å².